The molecule has 0 aliphatic heterocycles. The summed E-state index contributed by atoms with van der Waals surface area (Å²) in [7, 11) is 1.62. The van der Waals surface area contributed by atoms with E-state index in [-0.39, 0.29) is 11.8 Å². The third kappa shape index (κ3) is 5.04. The molecule has 2 rings (SSSR count). The highest BCUT2D eigenvalue weighted by atomic mass is 32.1. The maximum absolute atomic E-state index is 11.8. The summed E-state index contributed by atoms with van der Waals surface area (Å²) in [4.78, 5) is 23.1. The van der Waals surface area contributed by atoms with Gasteiger partial charge in [-0.1, -0.05) is 12.1 Å². The predicted molar refractivity (Wildman–Crippen MR) is 85.5 cm³/mol. The lowest BCUT2D eigenvalue weighted by Crippen LogP contribution is -2.19. The van der Waals surface area contributed by atoms with Gasteiger partial charge in [0.25, 0.3) is 0 Å². The molecule has 0 spiro atoms. The van der Waals surface area contributed by atoms with Gasteiger partial charge in [0.2, 0.25) is 11.8 Å². The summed E-state index contributed by atoms with van der Waals surface area (Å²) in [5.74, 6) is -0.0252. The molecule has 0 bridgehead atoms. The Balaban J connectivity index is 1.82. The van der Waals surface area contributed by atoms with E-state index in [9.17, 15) is 9.59 Å². The van der Waals surface area contributed by atoms with Crippen LogP contribution >= 0.6 is 11.3 Å². The van der Waals surface area contributed by atoms with Crippen molar-refractivity contribution < 1.29 is 9.59 Å². The fourth-order valence-electron chi connectivity index (χ4n) is 1.90. The van der Waals surface area contributed by atoms with E-state index in [4.69, 9.17) is 0 Å². The number of carbonyl (C=O) groups excluding carboxylic acids is 2. The summed E-state index contributed by atoms with van der Waals surface area (Å²) in [6.45, 7) is 0. The second-order valence-electron chi connectivity index (χ2n) is 4.73. The van der Waals surface area contributed by atoms with Crippen LogP contribution in [0.25, 0.3) is 0 Å². The van der Waals surface area contributed by atoms with E-state index in [0.29, 0.717) is 12.8 Å². The number of rotatable bonds is 6. The summed E-state index contributed by atoms with van der Waals surface area (Å²) in [6.07, 6.45) is 1.57. The SMILES string of the molecule is CNC(=O)Cc1ccc(NC(=O)CCc2ccsc2)cc1. The van der Waals surface area contributed by atoms with Crippen LogP contribution in [0, 0.1) is 0 Å². The van der Waals surface area contributed by atoms with Crippen LogP contribution in [0.5, 0.6) is 0 Å². The fraction of sp³-hybridized carbons (Fsp3) is 0.250. The monoisotopic (exact) mass is 302 g/mol. The Hall–Kier alpha value is -2.14. The summed E-state index contributed by atoms with van der Waals surface area (Å²) >= 11 is 1.64. The maximum Gasteiger partial charge on any atom is 0.224 e. The first-order chi connectivity index (χ1) is 10.2. The van der Waals surface area contributed by atoms with E-state index in [1.54, 1.807) is 18.4 Å². The number of nitrogens with one attached hydrogen (secondary N) is 2. The second kappa shape index (κ2) is 7.59. The normalized spacial score (nSPS) is 10.1. The number of benzene rings is 1. The molecule has 0 saturated heterocycles. The maximum atomic E-state index is 11.8. The first-order valence-electron chi connectivity index (χ1n) is 6.78. The van der Waals surface area contributed by atoms with E-state index >= 15 is 0 Å². The zero-order valence-corrected chi connectivity index (χ0v) is 12.7. The molecule has 1 aromatic carbocycles. The Morgan fingerprint density at radius 1 is 1.05 bits per heavy atom. The number of hydrogen-bond acceptors (Lipinski definition) is 3. The average Bonchev–Trinajstić information content (AvgIpc) is 3.00. The van der Waals surface area contributed by atoms with E-state index < -0.39 is 0 Å². The van der Waals surface area contributed by atoms with Crippen molar-refractivity contribution in [1.29, 1.82) is 0 Å². The summed E-state index contributed by atoms with van der Waals surface area (Å²) in [6, 6.07) is 9.38. The Morgan fingerprint density at radius 2 is 1.81 bits per heavy atom. The molecule has 0 fully saturated rings. The molecule has 0 aliphatic rings. The third-order valence-corrected chi connectivity index (χ3v) is 3.83. The van der Waals surface area contributed by atoms with Gasteiger partial charge in [0, 0.05) is 19.2 Å². The predicted octanol–water partition coefficient (Wildman–Crippen LogP) is 2.61. The lowest BCUT2D eigenvalue weighted by molar-refractivity contribution is -0.120. The van der Waals surface area contributed by atoms with Gasteiger partial charge >= 0.3 is 0 Å². The number of anilines is 1. The first-order valence-corrected chi connectivity index (χ1v) is 7.72. The highest BCUT2D eigenvalue weighted by Crippen LogP contribution is 2.12. The molecule has 1 aromatic heterocycles. The van der Waals surface area contributed by atoms with Crippen LogP contribution in [0.1, 0.15) is 17.5 Å². The van der Waals surface area contributed by atoms with Crippen LogP contribution in [0.15, 0.2) is 41.1 Å². The molecular weight excluding hydrogens is 284 g/mol. The lowest BCUT2D eigenvalue weighted by Gasteiger charge is -2.06. The Bertz CT molecular complexity index is 591. The molecular formula is C16H18N2O2S. The Labute approximate surface area is 128 Å². The number of carbonyl (C=O) groups is 2. The van der Waals surface area contributed by atoms with E-state index in [0.717, 1.165) is 17.7 Å². The van der Waals surface area contributed by atoms with Gasteiger partial charge in [-0.05, 0) is 46.5 Å². The van der Waals surface area contributed by atoms with E-state index in [1.165, 1.54) is 5.56 Å². The van der Waals surface area contributed by atoms with Gasteiger partial charge in [-0.3, -0.25) is 9.59 Å². The van der Waals surface area contributed by atoms with Crippen molar-refractivity contribution in [3.05, 3.63) is 52.2 Å². The smallest absolute Gasteiger partial charge is 0.224 e. The highest BCUT2D eigenvalue weighted by molar-refractivity contribution is 7.07. The van der Waals surface area contributed by atoms with Crippen molar-refractivity contribution in [3.8, 4) is 0 Å². The fourth-order valence-corrected chi connectivity index (χ4v) is 2.60. The summed E-state index contributed by atoms with van der Waals surface area (Å²) in [5.41, 5.74) is 2.87. The van der Waals surface area contributed by atoms with Crippen molar-refractivity contribution in [2.24, 2.45) is 0 Å². The quantitative estimate of drug-likeness (QED) is 0.862. The van der Waals surface area contributed by atoms with Crippen LogP contribution < -0.4 is 10.6 Å². The standard InChI is InChI=1S/C16H18N2O2S/c1-17-16(20)10-12-2-5-14(6-3-12)18-15(19)7-4-13-8-9-21-11-13/h2-3,5-6,8-9,11H,4,7,10H2,1H3,(H,17,20)(H,18,19). The van der Waals surface area contributed by atoms with Gasteiger partial charge in [0.05, 0.1) is 6.42 Å². The Kier molecular flexibility index (Phi) is 5.51. The summed E-state index contributed by atoms with van der Waals surface area (Å²) in [5, 5.41) is 9.51. The minimum Gasteiger partial charge on any atom is -0.359 e. The van der Waals surface area contributed by atoms with Crippen LogP contribution in [0.4, 0.5) is 5.69 Å². The average molecular weight is 302 g/mol. The topological polar surface area (TPSA) is 58.2 Å². The Morgan fingerprint density at radius 3 is 2.43 bits per heavy atom. The lowest BCUT2D eigenvalue weighted by atomic mass is 10.1. The van der Waals surface area contributed by atoms with E-state index in [1.807, 2.05) is 35.7 Å². The minimum absolute atomic E-state index is 0.000233. The third-order valence-electron chi connectivity index (χ3n) is 3.10. The zero-order chi connectivity index (χ0) is 15.1. The molecule has 4 nitrogen and oxygen atoms in total. The number of hydrogen-bond donors (Lipinski definition) is 2. The molecule has 110 valence electrons. The van der Waals surface area contributed by atoms with Crippen LogP contribution in [-0.2, 0) is 22.4 Å². The van der Waals surface area contributed by atoms with Gasteiger partial charge < -0.3 is 10.6 Å². The van der Waals surface area contributed by atoms with Gasteiger partial charge in [0.1, 0.15) is 0 Å². The van der Waals surface area contributed by atoms with Crippen molar-refractivity contribution >= 4 is 28.8 Å². The second-order valence-corrected chi connectivity index (χ2v) is 5.51. The molecule has 2 N–H and O–H groups in total. The summed E-state index contributed by atoms with van der Waals surface area (Å²) < 4.78 is 0. The van der Waals surface area contributed by atoms with Gasteiger partial charge in [-0.2, -0.15) is 11.3 Å². The molecule has 5 heteroatoms. The zero-order valence-electron chi connectivity index (χ0n) is 11.9. The van der Waals surface area contributed by atoms with Crippen LogP contribution in [0.2, 0.25) is 0 Å². The van der Waals surface area contributed by atoms with Gasteiger partial charge in [-0.15, -0.1) is 0 Å². The van der Waals surface area contributed by atoms with Crippen molar-refractivity contribution in [2.75, 3.05) is 12.4 Å². The van der Waals surface area contributed by atoms with Crippen molar-refractivity contribution in [3.63, 3.8) is 0 Å². The van der Waals surface area contributed by atoms with Crippen molar-refractivity contribution in [2.45, 2.75) is 19.3 Å². The van der Waals surface area contributed by atoms with Gasteiger partial charge in [0.15, 0.2) is 0 Å². The molecule has 1 heterocycles. The number of thiophene rings is 1. The highest BCUT2D eigenvalue weighted by Gasteiger charge is 2.05. The number of amides is 2. The minimum atomic E-state index is -0.0254. The molecule has 0 atom stereocenters. The largest absolute Gasteiger partial charge is 0.359 e. The van der Waals surface area contributed by atoms with Gasteiger partial charge in [-0.25, -0.2) is 0 Å². The number of likely N-dealkylation sites (N-methyl/N-ethyl adjacent to an activating group) is 1. The molecule has 2 amide bonds. The molecule has 0 radical (unpaired) electrons. The molecule has 2 aromatic rings. The van der Waals surface area contributed by atoms with Crippen molar-refractivity contribution in [1.82, 2.24) is 5.32 Å². The van der Waals surface area contributed by atoms with Crippen LogP contribution in [-0.4, -0.2) is 18.9 Å². The van der Waals surface area contributed by atoms with Crippen LogP contribution in [0.3, 0.4) is 0 Å². The van der Waals surface area contributed by atoms with E-state index in [2.05, 4.69) is 16.0 Å². The molecule has 0 saturated carbocycles. The molecule has 0 unspecified atom stereocenters. The number of aryl methyl sites for hydroxylation is 1. The molecule has 0 aliphatic carbocycles. The first kappa shape index (κ1) is 15.3. The molecule has 21 heavy (non-hydrogen) atoms.